The Morgan fingerprint density at radius 3 is 2.36 bits per heavy atom. The second-order valence-electron chi connectivity index (χ2n) is 4.90. The lowest BCUT2D eigenvalue weighted by molar-refractivity contribution is 0.194. The fraction of sp³-hybridized carbons (Fsp3) is 0.750. The summed E-state index contributed by atoms with van der Waals surface area (Å²) in [7, 11) is 0. The van der Waals surface area contributed by atoms with Gasteiger partial charge in [-0.05, 0) is 39.7 Å². The number of rotatable bonds is 1. The maximum absolute atomic E-state index is 4.62. The molecule has 1 saturated carbocycles. The highest BCUT2D eigenvalue weighted by Crippen LogP contribution is 2.34. The van der Waals surface area contributed by atoms with Crippen LogP contribution >= 0.6 is 0 Å². The molecule has 0 atom stereocenters. The van der Waals surface area contributed by atoms with Gasteiger partial charge in [0, 0.05) is 5.69 Å². The molecule has 1 aromatic rings. The summed E-state index contributed by atoms with van der Waals surface area (Å²) in [6, 6.07) is 2.18. The van der Waals surface area contributed by atoms with Gasteiger partial charge in [-0.15, -0.1) is 0 Å². The van der Waals surface area contributed by atoms with Crippen LogP contribution in [0.5, 0.6) is 0 Å². The number of hydrogen-bond acceptors (Lipinski definition) is 1. The fourth-order valence-electron chi connectivity index (χ4n) is 2.70. The molecule has 1 aliphatic carbocycles. The molecule has 2 heteroatoms. The molecule has 0 spiro atoms. The first kappa shape index (κ1) is 9.75. The van der Waals surface area contributed by atoms with Gasteiger partial charge in [0.2, 0.25) is 0 Å². The van der Waals surface area contributed by atoms with Gasteiger partial charge in [-0.25, -0.2) is 0 Å². The third kappa shape index (κ3) is 1.58. The Morgan fingerprint density at radius 1 is 1.21 bits per heavy atom. The summed E-state index contributed by atoms with van der Waals surface area (Å²) >= 11 is 0. The number of aryl methyl sites for hydroxylation is 2. The lowest BCUT2D eigenvalue weighted by Crippen LogP contribution is -2.34. The van der Waals surface area contributed by atoms with Gasteiger partial charge in [0.15, 0.2) is 0 Å². The van der Waals surface area contributed by atoms with E-state index in [0.29, 0.717) is 0 Å². The minimum atomic E-state index is 0.288. The Bertz CT molecular complexity index is 319. The quantitative estimate of drug-likeness (QED) is 0.668. The topological polar surface area (TPSA) is 17.8 Å². The van der Waals surface area contributed by atoms with Crippen LogP contribution in [0.4, 0.5) is 0 Å². The Morgan fingerprint density at radius 2 is 1.86 bits per heavy atom. The first-order valence-electron chi connectivity index (χ1n) is 5.66. The van der Waals surface area contributed by atoms with Gasteiger partial charge >= 0.3 is 0 Å². The van der Waals surface area contributed by atoms with E-state index in [0.717, 1.165) is 5.69 Å². The molecule has 0 radical (unpaired) electrons. The van der Waals surface area contributed by atoms with Crippen molar-refractivity contribution in [1.29, 1.82) is 0 Å². The standard InChI is InChI=1S/C12H20N2/c1-10-9-11(2)14(13-10)12(3)7-5-4-6-8-12/h9H,4-8H2,1-3H3. The lowest BCUT2D eigenvalue weighted by atomic mass is 9.83. The highest BCUT2D eigenvalue weighted by molar-refractivity contribution is 5.09. The molecular formula is C12H20N2. The van der Waals surface area contributed by atoms with Crippen molar-refractivity contribution in [1.82, 2.24) is 9.78 Å². The molecule has 0 aliphatic heterocycles. The van der Waals surface area contributed by atoms with Gasteiger partial charge < -0.3 is 0 Å². The summed E-state index contributed by atoms with van der Waals surface area (Å²) in [6.07, 6.45) is 6.68. The SMILES string of the molecule is Cc1cc(C)n(C2(C)CCCCC2)n1. The molecule has 2 nitrogen and oxygen atoms in total. The third-order valence-electron chi connectivity index (χ3n) is 3.45. The zero-order valence-corrected chi connectivity index (χ0v) is 9.51. The maximum atomic E-state index is 4.62. The molecule has 0 bridgehead atoms. The summed E-state index contributed by atoms with van der Waals surface area (Å²) in [5, 5.41) is 4.62. The molecular weight excluding hydrogens is 172 g/mol. The Kier molecular flexibility index (Phi) is 2.38. The van der Waals surface area contributed by atoms with Gasteiger partial charge in [-0.1, -0.05) is 19.3 Å². The van der Waals surface area contributed by atoms with Crippen LogP contribution in [-0.4, -0.2) is 9.78 Å². The van der Waals surface area contributed by atoms with E-state index in [1.165, 1.54) is 37.8 Å². The van der Waals surface area contributed by atoms with Gasteiger partial charge in [0.1, 0.15) is 0 Å². The van der Waals surface area contributed by atoms with Crippen molar-refractivity contribution < 1.29 is 0 Å². The minimum Gasteiger partial charge on any atom is -0.264 e. The molecule has 0 N–H and O–H groups in total. The monoisotopic (exact) mass is 192 g/mol. The normalized spacial score (nSPS) is 21.1. The van der Waals surface area contributed by atoms with E-state index < -0.39 is 0 Å². The Hall–Kier alpha value is -0.790. The van der Waals surface area contributed by atoms with Crippen LogP contribution in [0, 0.1) is 13.8 Å². The molecule has 1 aromatic heterocycles. The van der Waals surface area contributed by atoms with Crippen molar-refractivity contribution >= 4 is 0 Å². The van der Waals surface area contributed by atoms with Gasteiger partial charge in [-0.3, -0.25) is 4.68 Å². The van der Waals surface area contributed by atoms with E-state index in [1.54, 1.807) is 0 Å². The predicted molar refractivity (Wildman–Crippen MR) is 58.4 cm³/mol. The van der Waals surface area contributed by atoms with Crippen LogP contribution in [0.25, 0.3) is 0 Å². The van der Waals surface area contributed by atoms with Crippen LogP contribution in [0.15, 0.2) is 6.07 Å². The van der Waals surface area contributed by atoms with E-state index >= 15 is 0 Å². The smallest absolute Gasteiger partial charge is 0.0602 e. The van der Waals surface area contributed by atoms with Gasteiger partial charge in [0.25, 0.3) is 0 Å². The second kappa shape index (κ2) is 3.41. The first-order valence-corrected chi connectivity index (χ1v) is 5.66. The van der Waals surface area contributed by atoms with Crippen molar-refractivity contribution in [2.75, 3.05) is 0 Å². The van der Waals surface area contributed by atoms with Crippen molar-refractivity contribution in [2.24, 2.45) is 0 Å². The van der Waals surface area contributed by atoms with Crippen molar-refractivity contribution in [3.63, 3.8) is 0 Å². The number of aromatic nitrogens is 2. The molecule has 1 fully saturated rings. The lowest BCUT2D eigenvalue weighted by Gasteiger charge is -2.35. The fourth-order valence-corrected chi connectivity index (χ4v) is 2.70. The molecule has 0 unspecified atom stereocenters. The average molecular weight is 192 g/mol. The molecule has 1 heterocycles. The van der Waals surface area contributed by atoms with E-state index in [4.69, 9.17) is 0 Å². The van der Waals surface area contributed by atoms with E-state index in [9.17, 15) is 0 Å². The second-order valence-corrected chi connectivity index (χ2v) is 4.90. The van der Waals surface area contributed by atoms with E-state index in [2.05, 4.69) is 36.6 Å². The highest BCUT2D eigenvalue weighted by Gasteiger charge is 2.30. The Balaban J connectivity index is 2.32. The molecule has 14 heavy (non-hydrogen) atoms. The maximum Gasteiger partial charge on any atom is 0.0602 e. The van der Waals surface area contributed by atoms with Crippen molar-refractivity contribution in [3.05, 3.63) is 17.5 Å². The third-order valence-corrected chi connectivity index (χ3v) is 3.45. The largest absolute Gasteiger partial charge is 0.264 e. The molecule has 0 amide bonds. The predicted octanol–water partition coefficient (Wildman–Crippen LogP) is 3.18. The van der Waals surface area contributed by atoms with Crippen molar-refractivity contribution in [2.45, 2.75) is 58.4 Å². The van der Waals surface area contributed by atoms with Gasteiger partial charge in [-0.2, -0.15) is 5.10 Å². The minimum absolute atomic E-state index is 0.288. The Labute approximate surface area is 86.3 Å². The van der Waals surface area contributed by atoms with Crippen molar-refractivity contribution in [3.8, 4) is 0 Å². The number of hydrogen-bond donors (Lipinski definition) is 0. The van der Waals surface area contributed by atoms with Crippen LogP contribution < -0.4 is 0 Å². The first-order chi connectivity index (χ1) is 6.62. The molecule has 1 aliphatic rings. The van der Waals surface area contributed by atoms with Crippen LogP contribution in [0.3, 0.4) is 0 Å². The molecule has 2 rings (SSSR count). The number of nitrogens with zero attached hydrogens (tertiary/aromatic N) is 2. The summed E-state index contributed by atoms with van der Waals surface area (Å²) < 4.78 is 2.25. The molecule has 78 valence electrons. The molecule has 0 aromatic carbocycles. The summed E-state index contributed by atoms with van der Waals surface area (Å²) in [5.41, 5.74) is 2.75. The van der Waals surface area contributed by atoms with E-state index in [1.807, 2.05) is 0 Å². The zero-order chi connectivity index (χ0) is 10.2. The van der Waals surface area contributed by atoms with Gasteiger partial charge in [0.05, 0.1) is 11.2 Å². The summed E-state index contributed by atoms with van der Waals surface area (Å²) in [6.45, 7) is 6.60. The molecule has 0 saturated heterocycles. The van der Waals surface area contributed by atoms with E-state index in [-0.39, 0.29) is 5.54 Å². The average Bonchev–Trinajstić information content (AvgIpc) is 2.47. The van der Waals surface area contributed by atoms with Crippen LogP contribution in [-0.2, 0) is 5.54 Å². The van der Waals surface area contributed by atoms with Crippen LogP contribution in [0.1, 0.15) is 50.4 Å². The zero-order valence-electron chi connectivity index (χ0n) is 9.51. The summed E-state index contributed by atoms with van der Waals surface area (Å²) in [5.74, 6) is 0. The summed E-state index contributed by atoms with van der Waals surface area (Å²) in [4.78, 5) is 0. The van der Waals surface area contributed by atoms with Crippen LogP contribution in [0.2, 0.25) is 0 Å². The highest BCUT2D eigenvalue weighted by atomic mass is 15.3.